The van der Waals surface area contributed by atoms with Crippen molar-refractivity contribution in [2.24, 2.45) is 0 Å². The summed E-state index contributed by atoms with van der Waals surface area (Å²) < 4.78 is 26.6. The Morgan fingerprint density at radius 2 is 1.89 bits per heavy atom. The molecule has 1 aromatic carbocycles. The summed E-state index contributed by atoms with van der Waals surface area (Å²) in [5.41, 5.74) is 0.655. The number of benzene rings is 1. The van der Waals surface area contributed by atoms with Gasteiger partial charge in [-0.05, 0) is 39.2 Å². The van der Waals surface area contributed by atoms with E-state index in [1.54, 1.807) is 25.1 Å². The predicted molar refractivity (Wildman–Crippen MR) is 79.0 cm³/mol. The minimum absolute atomic E-state index is 0.307. The Morgan fingerprint density at radius 1 is 1.21 bits per heavy atom. The molecule has 0 heterocycles. The molecule has 0 amide bonds. The Balaban J connectivity index is 2.74. The second-order valence-corrected chi connectivity index (χ2v) is 6.32. The van der Waals surface area contributed by atoms with E-state index < -0.39 is 10.0 Å². The molecule has 0 aliphatic carbocycles. The van der Waals surface area contributed by atoms with Gasteiger partial charge in [-0.1, -0.05) is 19.1 Å². The first kappa shape index (κ1) is 15.9. The van der Waals surface area contributed by atoms with Gasteiger partial charge in [0.05, 0.1) is 5.69 Å². The lowest BCUT2D eigenvalue weighted by Crippen LogP contribution is -2.24. The summed E-state index contributed by atoms with van der Waals surface area (Å²) in [6, 6.07) is 6.97. The molecule has 0 spiro atoms. The lowest BCUT2D eigenvalue weighted by Gasteiger charge is -2.14. The SMILES string of the molecule is CCNS(=O)(=O)c1ccccc1NCCCN(C)C. The molecule has 1 rings (SSSR count). The highest BCUT2D eigenvalue weighted by Crippen LogP contribution is 2.20. The largest absolute Gasteiger partial charge is 0.384 e. The van der Waals surface area contributed by atoms with Crippen LogP contribution in [-0.4, -0.2) is 47.0 Å². The maximum Gasteiger partial charge on any atom is 0.242 e. The molecule has 0 aliphatic rings. The standard InChI is InChI=1S/C13H23N3O2S/c1-4-15-19(17,18)13-9-6-5-8-12(13)14-10-7-11-16(2)3/h5-6,8-9,14-15H,4,7,10-11H2,1-3H3. The Labute approximate surface area is 116 Å². The van der Waals surface area contributed by atoms with Crippen LogP contribution < -0.4 is 10.0 Å². The summed E-state index contributed by atoms with van der Waals surface area (Å²) in [5.74, 6) is 0. The molecule has 0 saturated heterocycles. The number of nitrogens with one attached hydrogen (secondary N) is 2. The highest BCUT2D eigenvalue weighted by molar-refractivity contribution is 7.89. The molecule has 108 valence electrons. The third-order valence-electron chi connectivity index (χ3n) is 2.61. The van der Waals surface area contributed by atoms with Gasteiger partial charge in [-0.2, -0.15) is 0 Å². The van der Waals surface area contributed by atoms with E-state index in [0.29, 0.717) is 17.1 Å². The number of hydrogen-bond acceptors (Lipinski definition) is 4. The zero-order valence-corrected chi connectivity index (χ0v) is 12.6. The molecular formula is C13H23N3O2S. The van der Waals surface area contributed by atoms with Crippen molar-refractivity contribution in [1.82, 2.24) is 9.62 Å². The third-order valence-corrected chi connectivity index (χ3v) is 4.21. The van der Waals surface area contributed by atoms with Gasteiger partial charge in [0.1, 0.15) is 4.90 Å². The summed E-state index contributed by atoms with van der Waals surface area (Å²) in [6.45, 7) is 3.87. The van der Waals surface area contributed by atoms with Gasteiger partial charge in [-0.15, -0.1) is 0 Å². The van der Waals surface area contributed by atoms with Crippen LogP contribution in [0.1, 0.15) is 13.3 Å². The van der Waals surface area contributed by atoms with Crippen LogP contribution >= 0.6 is 0 Å². The fraction of sp³-hybridized carbons (Fsp3) is 0.538. The van der Waals surface area contributed by atoms with Gasteiger partial charge in [-0.3, -0.25) is 0 Å². The summed E-state index contributed by atoms with van der Waals surface area (Å²) in [5, 5.41) is 3.19. The summed E-state index contributed by atoms with van der Waals surface area (Å²) in [6.07, 6.45) is 0.961. The van der Waals surface area contributed by atoms with Crippen LogP contribution in [0.4, 0.5) is 5.69 Å². The van der Waals surface area contributed by atoms with Crippen molar-refractivity contribution in [3.63, 3.8) is 0 Å². The molecule has 0 bridgehead atoms. The van der Waals surface area contributed by atoms with Crippen LogP contribution in [0.5, 0.6) is 0 Å². The molecular weight excluding hydrogens is 262 g/mol. The van der Waals surface area contributed by atoms with Crippen LogP contribution in [0, 0.1) is 0 Å². The molecule has 0 aliphatic heterocycles. The molecule has 6 heteroatoms. The van der Waals surface area contributed by atoms with Gasteiger partial charge < -0.3 is 10.2 Å². The van der Waals surface area contributed by atoms with E-state index in [2.05, 4.69) is 14.9 Å². The third kappa shape index (κ3) is 5.18. The van der Waals surface area contributed by atoms with Crippen molar-refractivity contribution in [1.29, 1.82) is 0 Å². The normalized spacial score (nSPS) is 11.8. The smallest absolute Gasteiger partial charge is 0.242 e. The van der Waals surface area contributed by atoms with Gasteiger partial charge >= 0.3 is 0 Å². The molecule has 5 nitrogen and oxygen atoms in total. The zero-order chi connectivity index (χ0) is 14.3. The Kier molecular flexibility index (Phi) is 6.27. The van der Waals surface area contributed by atoms with Crippen molar-refractivity contribution < 1.29 is 8.42 Å². The lowest BCUT2D eigenvalue weighted by atomic mass is 10.3. The van der Waals surface area contributed by atoms with Crippen molar-refractivity contribution in [2.45, 2.75) is 18.2 Å². The first-order valence-corrected chi connectivity index (χ1v) is 7.93. The number of anilines is 1. The van der Waals surface area contributed by atoms with Crippen molar-refractivity contribution in [2.75, 3.05) is 39.0 Å². The van der Waals surface area contributed by atoms with Crippen LogP contribution in [0.2, 0.25) is 0 Å². The number of sulfonamides is 1. The van der Waals surface area contributed by atoms with Crippen molar-refractivity contribution in [3.05, 3.63) is 24.3 Å². The van der Waals surface area contributed by atoms with E-state index >= 15 is 0 Å². The maximum atomic E-state index is 12.0. The fourth-order valence-electron chi connectivity index (χ4n) is 1.73. The molecule has 19 heavy (non-hydrogen) atoms. The van der Waals surface area contributed by atoms with Crippen LogP contribution in [0.15, 0.2) is 29.2 Å². The Bertz CT molecular complexity index is 486. The highest BCUT2D eigenvalue weighted by atomic mass is 32.2. The predicted octanol–water partition coefficient (Wildman–Crippen LogP) is 1.35. The van der Waals surface area contributed by atoms with Crippen molar-refractivity contribution >= 4 is 15.7 Å². The molecule has 0 saturated carbocycles. The first-order chi connectivity index (χ1) is 8.97. The maximum absolute atomic E-state index is 12.0. The van der Waals surface area contributed by atoms with E-state index in [-0.39, 0.29) is 0 Å². The summed E-state index contributed by atoms with van der Waals surface area (Å²) >= 11 is 0. The van der Waals surface area contributed by atoms with E-state index in [1.807, 2.05) is 20.2 Å². The molecule has 1 aromatic rings. The molecule has 2 N–H and O–H groups in total. The zero-order valence-electron chi connectivity index (χ0n) is 11.8. The monoisotopic (exact) mass is 285 g/mol. The number of rotatable bonds is 8. The summed E-state index contributed by atoms with van der Waals surface area (Å²) in [4.78, 5) is 2.41. The second-order valence-electron chi connectivity index (χ2n) is 4.58. The average Bonchev–Trinajstić information content (AvgIpc) is 2.35. The van der Waals surface area contributed by atoms with E-state index in [4.69, 9.17) is 0 Å². The molecule has 0 aromatic heterocycles. The number of nitrogens with zero attached hydrogens (tertiary/aromatic N) is 1. The van der Waals surface area contributed by atoms with Gasteiger partial charge in [0, 0.05) is 13.1 Å². The lowest BCUT2D eigenvalue weighted by molar-refractivity contribution is 0.405. The Hall–Kier alpha value is -1.11. The quantitative estimate of drug-likeness (QED) is 0.708. The van der Waals surface area contributed by atoms with E-state index in [1.165, 1.54) is 0 Å². The van der Waals surface area contributed by atoms with Crippen LogP contribution in [-0.2, 0) is 10.0 Å². The highest BCUT2D eigenvalue weighted by Gasteiger charge is 2.16. The van der Waals surface area contributed by atoms with Gasteiger partial charge in [-0.25, -0.2) is 13.1 Å². The second kappa shape index (κ2) is 7.47. The summed E-state index contributed by atoms with van der Waals surface area (Å²) in [7, 11) is 0.617. The number of para-hydroxylation sites is 1. The molecule has 0 fully saturated rings. The minimum atomic E-state index is -3.42. The molecule has 0 radical (unpaired) electrons. The minimum Gasteiger partial charge on any atom is -0.384 e. The van der Waals surface area contributed by atoms with Gasteiger partial charge in [0.2, 0.25) is 10.0 Å². The van der Waals surface area contributed by atoms with Crippen LogP contribution in [0.3, 0.4) is 0 Å². The van der Waals surface area contributed by atoms with Gasteiger partial charge in [0.15, 0.2) is 0 Å². The van der Waals surface area contributed by atoms with Gasteiger partial charge in [0.25, 0.3) is 0 Å². The van der Waals surface area contributed by atoms with Crippen molar-refractivity contribution in [3.8, 4) is 0 Å². The Morgan fingerprint density at radius 3 is 2.53 bits per heavy atom. The van der Waals surface area contributed by atoms with E-state index in [0.717, 1.165) is 19.5 Å². The number of hydrogen-bond donors (Lipinski definition) is 2. The molecule has 0 atom stereocenters. The average molecular weight is 285 g/mol. The van der Waals surface area contributed by atoms with E-state index in [9.17, 15) is 8.42 Å². The molecule has 0 unspecified atom stereocenters. The fourth-order valence-corrected chi connectivity index (χ4v) is 2.96. The topological polar surface area (TPSA) is 61.4 Å². The first-order valence-electron chi connectivity index (χ1n) is 6.44. The van der Waals surface area contributed by atoms with Crippen LogP contribution in [0.25, 0.3) is 0 Å².